The first kappa shape index (κ1) is 49.7. The first-order chi connectivity index (χ1) is 26.7. The van der Waals surface area contributed by atoms with Crippen molar-refractivity contribution in [3.8, 4) is 11.4 Å². The molecule has 0 fully saturated rings. The summed E-state index contributed by atoms with van der Waals surface area (Å²) in [5, 5.41) is 12.2. The highest BCUT2D eigenvalue weighted by Gasteiger charge is 2.35. The number of rotatable bonds is 23. The molecule has 3 aromatic rings. The third-order valence-corrected chi connectivity index (χ3v) is 10.3. The van der Waals surface area contributed by atoms with Gasteiger partial charge in [0.15, 0.2) is 5.82 Å². The quantitative estimate of drug-likeness (QED) is 0.0414. The molecule has 1 amide bonds. The molecule has 4 rings (SSSR count). The van der Waals surface area contributed by atoms with E-state index in [-0.39, 0.29) is 33.4 Å². The van der Waals surface area contributed by atoms with Gasteiger partial charge in [-0.3, -0.25) is 9.59 Å². The number of amides is 1. The summed E-state index contributed by atoms with van der Waals surface area (Å²) in [7, 11) is -3.33. The molecule has 0 atom stereocenters. The maximum atomic E-state index is 12.6. The van der Waals surface area contributed by atoms with E-state index < -0.39 is 21.9 Å². The monoisotopic (exact) mass is 823 g/mol. The second-order valence-corrected chi connectivity index (χ2v) is 17.5. The number of hydrogen-bond acceptors (Lipinski definition) is 10. The summed E-state index contributed by atoms with van der Waals surface area (Å²) in [5.41, 5.74) is 4.81. The fourth-order valence-corrected chi connectivity index (χ4v) is 6.77. The largest absolute Gasteiger partial charge is 0.465 e. The lowest BCUT2D eigenvalue weighted by Gasteiger charge is -2.24. The van der Waals surface area contributed by atoms with Crippen LogP contribution in [0.15, 0.2) is 52.6 Å². The average Bonchev–Trinajstić information content (AvgIpc) is 3.70. The zero-order valence-electron chi connectivity index (χ0n) is 34.5. The first-order valence-electron chi connectivity index (χ1n) is 20.2. The molecule has 1 aromatic heterocycles. The number of sulfonamides is 1. The van der Waals surface area contributed by atoms with Gasteiger partial charge in [-0.1, -0.05) is 113 Å². The minimum Gasteiger partial charge on any atom is -0.465 e. The van der Waals surface area contributed by atoms with Gasteiger partial charge in [0.2, 0.25) is 21.8 Å². The molecule has 14 heteroatoms. The van der Waals surface area contributed by atoms with Crippen molar-refractivity contribution >= 4 is 50.4 Å². The first-order valence-corrected chi connectivity index (χ1v) is 22.1. The molecule has 58 heavy (non-hydrogen) atoms. The van der Waals surface area contributed by atoms with E-state index in [9.17, 15) is 18.0 Å². The van der Waals surface area contributed by atoms with E-state index in [4.69, 9.17) is 19.8 Å². The lowest BCUT2D eigenvalue weighted by molar-refractivity contribution is -0.145. The number of nitrogens with one attached hydrogen (secondary N) is 2. The molecule has 0 bridgehead atoms. The normalized spacial score (nSPS) is 13.0. The van der Waals surface area contributed by atoms with Crippen molar-refractivity contribution in [1.29, 1.82) is 0 Å². The predicted molar refractivity (Wildman–Crippen MR) is 240 cm³/mol. The van der Waals surface area contributed by atoms with Gasteiger partial charge in [0.25, 0.3) is 0 Å². The van der Waals surface area contributed by atoms with E-state index in [1.54, 1.807) is 24.3 Å². The highest BCUT2D eigenvalue weighted by atomic mass is 32.2. The number of esters is 1. The Morgan fingerprint density at radius 2 is 1.48 bits per heavy atom. The summed E-state index contributed by atoms with van der Waals surface area (Å²) in [5.74, 6) is 0.00769. The zero-order chi connectivity index (χ0) is 40.7. The molecular weight excluding hydrogens is 753 g/mol. The van der Waals surface area contributed by atoms with Crippen molar-refractivity contribution in [2.45, 2.75) is 140 Å². The van der Waals surface area contributed by atoms with Crippen LogP contribution in [0.2, 0.25) is 0 Å². The Labute approximate surface area is 348 Å². The van der Waals surface area contributed by atoms with E-state index >= 15 is 0 Å². The molecule has 1 aliphatic rings. The van der Waals surface area contributed by atoms with E-state index in [1.165, 1.54) is 62.6 Å². The van der Waals surface area contributed by atoms with Crippen LogP contribution in [-0.2, 0) is 24.3 Å². The zero-order valence-corrected chi connectivity index (χ0v) is 35.3. The number of unbranched alkanes of at least 4 members (excludes halogenated alkanes) is 11. The fraction of sp³-hybridized carbons (Fsp3) is 0.591. The Morgan fingerprint density at radius 3 is 2.03 bits per heavy atom. The summed E-state index contributed by atoms with van der Waals surface area (Å²) < 4.78 is 31.2. The van der Waals surface area contributed by atoms with Crippen LogP contribution in [0.5, 0.6) is 0 Å². The lowest BCUT2D eigenvalue weighted by atomic mass is 9.87. The molecule has 0 aliphatic carbocycles. The van der Waals surface area contributed by atoms with Crippen molar-refractivity contribution in [3.63, 3.8) is 0 Å². The van der Waals surface area contributed by atoms with Crippen LogP contribution in [0, 0.1) is 12.3 Å². The maximum absolute atomic E-state index is 12.6. The van der Waals surface area contributed by atoms with Crippen molar-refractivity contribution in [1.82, 2.24) is 19.6 Å². The van der Waals surface area contributed by atoms with Crippen LogP contribution in [0.25, 0.3) is 11.4 Å². The van der Waals surface area contributed by atoms with Crippen LogP contribution < -0.4 is 14.9 Å². The maximum Gasteiger partial charge on any atom is 0.315 e. The number of benzene rings is 2. The Morgan fingerprint density at radius 1 is 0.879 bits per heavy atom. The van der Waals surface area contributed by atoms with E-state index in [1.807, 2.05) is 36.9 Å². The van der Waals surface area contributed by atoms with E-state index in [2.05, 4.69) is 42.8 Å². The van der Waals surface area contributed by atoms with Crippen molar-refractivity contribution in [3.05, 3.63) is 53.9 Å². The molecule has 2 heterocycles. The van der Waals surface area contributed by atoms with Crippen molar-refractivity contribution < 1.29 is 22.7 Å². The second kappa shape index (κ2) is 23.8. The Kier molecular flexibility index (Phi) is 20.4. The number of nitrogens with zero attached hydrogens (tertiary/aromatic N) is 6. The van der Waals surface area contributed by atoms with Crippen LogP contribution in [0.4, 0.5) is 17.1 Å². The number of aromatic nitrogens is 3. The Balaban J connectivity index is 0.00000580. The van der Waals surface area contributed by atoms with Crippen LogP contribution in [0.3, 0.4) is 0 Å². The van der Waals surface area contributed by atoms with Crippen LogP contribution >= 0.6 is 0 Å². The molecule has 0 radical (unpaired) electrons. The number of aliphatic imine (C=N–C) groups is 1. The standard InChI is InChI=1S/C42H62N8O5S.2CH4/c1-8-10-11-12-13-14-15-16-17-18-19-20-27-55-37(52)29-36(51)44-33-23-21-32(22-24-33)40-46-41-38(39(42(4,5)6)47-50(41)48-40)45-35-26-25-34(28-31(35)3)49(9-2)30-43-56(7,53)54;;/h21-26,28,43H,8-20,27,29-30H2,1-7H3,(H,44,51);2*1H4. The minimum atomic E-state index is -3.33. The molecule has 2 N–H and O–H groups in total. The highest BCUT2D eigenvalue weighted by molar-refractivity contribution is 7.88. The average molecular weight is 823 g/mol. The molecule has 13 nitrogen and oxygen atoms in total. The van der Waals surface area contributed by atoms with Gasteiger partial charge < -0.3 is 15.0 Å². The molecule has 0 unspecified atom stereocenters. The van der Waals surface area contributed by atoms with Crippen LogP contribution in [0.1, 0.15) is 144 Å². The predicted octanol–water partition coefficient (Wildman–Crippen LogP) is 9.82. The van der Waals surface area contributed by atoms with Gasteiger partial charge in [0.05, 0.1) is 30.9 Å². The molecule has 1 aliphatic heterocycles. The summed E-state index contributed by atoms with van der Waals surface area (Å²) in [6.07, 6.45) is 15.6. The van der Waals surface area contributed by atoms with Gasteiger partial charge in [-0.2, -0.15) is 9.82 Å². The number of fused-ring (bicyclic) bond motifs is 1. The topological polar surface area (TPSA) is 160 Å². The molecule has 0 spiro atoms. The summed E-state index contributed by atoms with van der Waals surface area (Å²) >= 11 is 0. The number of carbonyl (C=O) groups is 2. The van der Waals surface area contributed by atoms with E-state index in [0.29, 0.717) is 36.2 Å². The van der Waals surface area contributed by atoms with Gasteiger partial charge in [-0.25, -0.2) is 18.4 Å². The van der Waals surface area contributed by atoms with Crippen molar-refractivity contribution in [2.75, 3.05) is 36.3 Å². The van der Waals surface area contributed by atoms with Crippen molar-refractivity contribution in [2.24, 2.45) is 15.5 Å². The molecule has 0 saturated heterocycles. The number of hydrogen-bond donors (Lipinski definition) is 2. The van der Waals surface area contributed by atoms with Gasteiger partial charge in [-0.15, -0.1) is 9.89 Å². The Hall–Kier alpha value is -4.43. The number of aryl methyl sites for hydroxylation is 1. The third kappa shape index (κ3) is 15.7. The van der Waals surface area contributed by atoms with Gasteiger partial charge in [0.1, 0.15) is 12.1 Å². The lowest BCUT2D eigenvalue weighted by Crippen LogP contribution is -2.37. The molecular formula is C44H70N8O5S. The number of anilines is 2. The molecule has 0 saturated carbocycles. The Bertz CT molecular complexity index is 1930. The van der Waals surface area contributed by atoms with Gasteiger partial charge in [0, 0.05) is 28.9 Å². The summed E-state index contributed by atoms with van der Waals surface area (Å²) in [6.45, 7) is 13.5. The second-order valence-electron chi connectivity index (χ2n) is 15.6. The minimum absolute atomic E-state index is 0. The summed E-state index contributed by atoms with van der Waals surface area (Å²) in [4.78, 5) is 38.1. The SMILES string of the molecule is C.C.CCCCCCCCCCCCCCOC(=O)CC(=O)Nc1ccc(-c2nc3n(n2)N=C(C(C)(C)C)C3=Nc2ccc(N(CC)CNS(C)(=O)=O)cc2C)cc1. The smallest absolute Gasteiger partial charge is 0.315 e. The van der Waals surface area contributed by atoms with Gasteiger partial charge >= 0.3 is 5.97 Å². The highest BCUT2D eigenvalue weighted by Crippen LogP contribution is 2.31. The third-order valence-electron chi connectivity index (χ3n) is 9.60. The molecule has 2 aromatic carbocycles. The molecule has 322 valence electrons. The summed E-state index contributed by atoms with van der Waals surface area (Å²) in [6, 6.07) is 12.9. The van der Waals surface area contributed by atoms with Crippen LogP contribution in [-0.4, -0.2) is 72.7 Å². The fourth-order valence-electron chi connectivity index (χ4n) is 6.38. The van der Waals surface area contributed by atoms with E-state index in [0.717, 1.165) is 53.7 Å². The van der Waals surface area contributed by atoms with Gasteiger partial charge in [-0.05, 0) is 68.3 Å². The number of carbonyl (C=O) groups excluding carboxylic acids is 2. The number of ether oxygens (including phenoxy) is 1.